The van der Waals surface area contributed by atoms with Crippen LogP contribution in [0.15, 0.2) is 0 Å². The number of rotatable bonds is 6. The lowest BCUT2D eigenvalue weighted by molar-refractivity contribution is 0.0786. The summed E-state index contributed by atoms with van der Waals surface area (Å²) >= 11 is 0. The number of imidazole rings is 1. The second kappa shape index (κ2) is 8.02. The summed E-state index contributed by atoms with van der Waals surface area (Å²) in [5, 5.41) is 3.11. The van der Waals surface area contributed by atoms with Crippen molar-refractivity contribution >= 4 is 11.8 Å². The first-order chi connectivity index (χ1) is 12.1. The van der Waals surface area contributed by atoms with Crippen LogP contribution in [0.5, 0.6) is 0 Å². The molecule has 0 bridgehead atoms. The van der Waals surface area contributed by atoms with Gasteiger partial charge in [0.05, 0.1) is 5.69 Å². The Bertz CT molecular complexity index is 632. The lowest BCUT2D eigenvalue weighted by atomic mass is 10.1. The Morgan fingerprint density at radius 1 is 1.24 bits per heavy atom. The highest BCUT2D eigenvalue weighted by molar-refractivity contribution is 5.97. The lowest BCUT2D eigenvalue weighted by Crippen LogP contribution is -2.35. The summed E-state index contributed by atoms with van der Waals surface area (Å²) in [5.74, 6) is 0.248. The van der Waals surface area contributed by atoms with Crippen molar-refractivity contribution in [2.24, 2.45) is 0 Å². The molecular formula is C19H30N4O2. The van der Waals surface area contributed by atoms with Gasteiger partial charge in [0.1, 0.15) is 5.69 Å². The van der Waals surface area contributed by atoms with Gasteiger partial charge >= 0.3 is 0 Å². The summed E-state index contributed by atoms with van der Waals surface area (Å²) in [6.07, 6.45) is 9.39. The number of fused-ring (bicyclic) bond motifs is 1. The van der Waals surface area contributed by atoms with Crippen LogP contribution < -0.4 is 5.32 Å². The fourth-order valence-corrected chi connectivity index (χ4v) is 3.89. The summed E-state index contributed by atoms with van der Waals surface area (Å²) in [7, 11) is 1.82. The maximum absolute atomic E-state index is 12.8. The standard InChI is InChI=1S/C19H30N4O2/c1-3-4-12-22(2)19(25)16-15-11-7-8-13-23(15)17(21-16)18(24)20-14-9-5-6-10-14/h14H,3-13H2,1-2H3,(H,20,24). The molecule has 1 fully saturated rings. The van der Waals surface area contributed by atoms with Crippen molar-refractivity contribution in [2.75, 3.05) is 13.6 Å². The highest BCUT2D eigenvalue weighted by Crippen LogP contribution is 2.23. The minimum absolute atomic E-state index is 0.0565. The van der Waals surface area contributed by atoms with Crippen molar-refractivity contribution in [1.82, 2.24) is 19.8 Å². The Balaban J connectivity index is 1.83. The molecule has 25 heavy (non-hydrogen) atoms. The Hall–Kier alpha value is -1.85. The quantitative estimate of drug-likeness (QED) is 0.861. The van der Waals surface area contributed by atoms with Crippen molar-refractivity contribution in [3.63, 3.8) is 0 Å². The van der Waals surface area contributed by atoms with Crippen LogP contribution in [0.4, 0.5) is 0 Å². The zero-order chi connectivity index (χ0) is 17.8. The lowest BCUT2D eigenvalue weighted by Gasteiger charge is -2.19. The maximum atomic E-state index is 12.8. The predicted molar refractivity (Wildman–Crippen MR) is 96.8 cm³/mol. The van der Waals surface area contributed by atoms with Gasteiger partial charge in [0.25, 0.3) is 11.8 Å². The third kappa shape index (κ3) is 3.88. The number of nitrogens with one attached hydrogen (secondary N) is 1. The molecule has 1 aromatic rings. The number of carbonyl (C=O) groups is 2. The minimum Gasteiger partial charge on any atom is -0.347 e. The van der Waals surface area contributed by atoms with Crippen molar-refractivity contribution in [2.45, 2.75) is 77.3 Å². The molecule has 1 aliphatic heterocycles. The number of unbranched alkanes of at least 4 members (excludes halogenated alkanes) is 1. The fraction of sp³-hybridized carbons (Fsp3) is 0.737. The molecule has 0 atom stereocenters. The molecule has 0 spiro atoms. The van der Waals surface area contributed by atoms with E-state index >= 15 is 0 Å². The maximum Gasteiger partial charge on any atom is 0.287 e. The van der Waals surface area contributed by atoms with Gasteiger partial charge in [-0.05, 0) is 38.5 Å². The molecule has 6 nitrogen and oxygen atoms in total. The third-order valence-corrected chi connectivity index (χ3v) is 5.41. The highest BCUT2D eigenvalue weighted by Gasteiger charge is 2.30. The van der Waals surface area contributed by atoms with E-state index in [0.29, 0.717) is 11.5 Å². The first-order valence-corrected chi connectivity index (χ1v) is 9.77. The summed E-state index contributed by atoms with van der Waals surface area (Å²) < 4.78 is 1.98. The summed E-state index contributed by atoms with van der Waals surface area (Å²) in [4.78, 5) is 31.8. The van der Waals surface area contributed by atoms with E-state index < -0.39 is 0 Å². The molecule has 1 aliphatic carbocycles. The average molecular weight is 346 g/mol. The van der Waals surface area contributed by atoms with E-state index in [4.69, 9.17) is 0 Å². The van der Waals surface area contributed by atoms with Crippen molar-refractivity contribution in [3.8, 4) is 0 Å². The predicted octanol–water partition coefficient (Wildman–Crippen LogP) is 2.76. The molecule has 1 aromatic heterocycles. The number of nitrogens with zero attached hydrogens (tertiary/aromatic N) is 3. The molecule has 1 saturated carbocycles. The van der Waals surface area contributed by atoms with Crippen LogP contribution in [0, 0.1) is 0 Å². The van der Waals surface area contributed by atoms with E-state index in [1.165, 1.54) is 12.8 Å². The van der Waals surface area contributed by atoms with Gasteiger partial charge in [0.2, 0.25) is 0 Å². The molecule has 0 unspecified atom stereocenters. The Labute approximate surface area is 150 Å². The molecule has 6 heteroatoms. The van der Waals surface area contributed by atoms with E-state index in [0.717, 1.165) is 63.7 Å². The van der Waals surface area contributed by atoms with Crippen LogP contribution in [-0.2, 0) is 13.0 Å². The fourth-order valence-electron chi connectivity index (χ4n) is 3.89. The van der Waals surface area contributed by atoms with Crippen LogP contribution in [0.25, 0.3) is 0 Å². The first kappa shape index (κ1) is 18.0. The zero-order valence-corrected chi connectivity index (χ0v) is 15.5. The van der Waals surface area contributed by atoms with E-state index in [2.05, 4.69) is 17.2 Å². The van der Waals surface area contributed by atoms with E-state index in [9.17, 15) is 9.59 Å². The molecule has 2 amide bonds. The van der Waals surface area contributed by atoms with Gasteiger partial charge in [-0.25, -0.2) is 4.98 Å². The molecule has 3 rings (SSSR count). The van der Waals surface area contributed by atoms with Crippen LogP contribution in [0.2, 0.25) is 0 Å². The Kier molecular flexibility index (Phi) is 5.76. The second-order valence-corrected chi connectivity index (χ2v) is 7.37. The van der Waals surface area contributed by atoms with Crippen LogP contribution in [-0.4, -0.2) is 45.9 Å². The molecule has 138 valence electrons. The van der Waals surface area contributed by atoms with Crippen LogP contribution in [0.1, 0.15) is 85.1 Å². The normalized spacial score (nSPS) is 17.4. The van der Waals surface area contributed by atoms with Crippen LogP contribution >= 0.6 is 0 Å². The van der Waals surface area contributed by atoms with Crippen LogP contribution in [0.3, 0.4) is 0 Å². The number of hydrogen-bond donors (Lipinski definition) is 1. The molecule has 2 aliphatic rings. The van der Waals surface area contributed by atoms with Crippen molar-refractivity contribution in [1.29, 1.82) is 0 Å². The largest absolute Gasteiger partial charge is 0.347 e. The first-order valence-electron chi connectivity index (χ1n) is 9.77. The Morgan fingerprint density at radius 2 is 2.00 bits per heavy atom. The topological polar surface area (TPSA) is 67.2 Å². The van der Waals surface area contributed by atoms with Gasteiger partial charge in [0, 0.05) is 26.2 Å². The number of hydrogen-bond acceptors (Lipinski definition) is 3. The van der Waals surface area contributed by atoms with Gasteiger partial charge in [-0.15, -0.1) is 0 Å². The van der Waals surface area contributed by atoms with E-state index in [-0.39, 0.29) is 17.9 Å². The number of amides is 2. The van der Waals surface area contributed by atoms with Gasteiger partial charge in [-0.2, -0.15) is 0 Å². The second-order valence-electron chi connectivity index (χ2n) is 7.37. The van der Waals surface area contributed by atoms with Gasteiger partial charge in [-0.1, -0.05) is 26.2 Å². The molecule has 0 aromatic carbocycles. The SMILES string of the molecule is CCCCN(C)C(=O)c1nc(C(=O)NC2CCCC2)n2c1CCCC2. The summed E-state index contributed by atoms with van der Waals surface area (Å²) in [6.45, 7) is 3.62. The monoisotopic (exact) mass is 346 g/mol. The smallest absolute Gasteiger partial charge is 0.287 e. The molecule has 0 saturated heterocycles. The minimum atomic E-state index is -0.120. The van der Waals surface area contributed by atoms with Gasteiger partial charge < -0.3 is 14.8 Å². The Morgan fingerprint density at radius 3 is 2.72 bits per heavy atom. The molecule has 2 heterocycles. The summed E-state index contributed by atoms with van der Waals surface area (Å²) in [6, 6.07) is 0.260. The number of aromatic nitrogens is 2. The van der Waals surface area contributed by atoms with Crippen molar-refractivity contribution in [3.05, 3.63) is 17.2 Å². The summed E-state index contributed by atoms with van der Waals surface area (Å²) in [5.41, 5.74) is 1.42. The molecule has 0 radical (unpaired) electrons. The molecule has 1 N–H and O–H groups in total. The van der Waals surface area contributed by atoms with Gasteiger partial charge in [-0.3, -0.25) is 9.59 Å². The third-order valence-electron chi connectivity index (χ3n) is 5.41. The van der Waals surface area contributed by atoms with Gasteiger partial charge in [0.15, 0.2) is 5.82 Å². The van der Waals surface area contributed by atoms with E-state index in [1.54, 1.807) is 4.90 Å². The zero-order valence-electron chi connectivity index (χ0n) is 15.5. The highest BCUT2D eigenvalue weighted by atomic mass is 16.2. The molecular weight excluding hydrogens is 316 g/mol. The average Bonchev–Trinajstić information content (AvgIpc) is 3.26. The number of carbonyl (C=O) groups excluding carboxylic acids is 2. The van der Waals surface area contributed by atoms with Crippen molar-refractivity contribution < 1.29 is 9.59 Å². The van der Waals surface area contributed by atoms with E-state index in [1.807, 2.05) is 11.6 Å².